The summed E-state index contributed by atoms with van der Waals surface area (Å²) in [5.41, 5.74) is 1.22. The van der Waals surface area contributed by atoms with Gasteiger partial charge in [-0.15, -0.1) is 0 Å². The summed E-state index contributed by atoms with van der Waals surface area (Å²) in [4.78, 5) is 0. The first-order chi connectivity index (χ1) is 9.61. The molecule has 0 aliphatic carbocycles. The van der Waals surface area contributed by atoms with Crippen LogP contribution in [0.15, 0.2) is 42.5 Å². The Hall–Kier alpha value is -1.45. The molecule has 1 aliphatic rings. The lowest BCUT2D eigenvalue weighted by molar-refractivity contribution is 0.265. The number of hydrogen-bond donors (Lipinski definition) is 1. The van der Waals surface area contributed by atoms with Gasteiger partial charge in [0.1, 0.15) is 11.6 Å². The highest BCUT2D eigenvalue weighted by Gasteiger charge is 2.40. The van der Waals surface area contributed by atoms with Gasteiger partial charge in [0, 0.05) is 18.5 Å². The Bertz CT molecular complexity index is 638. The normalized spacial score (nSPS) is 16.8. The molecule has 0 bridgehead atoms. The van der Waals surface area contributed by atoms with Crippen LogP contribution in [0.4, 0.5) is 8.78 Å². The number of halogens is 3. The fraction of sp³-hybridized carbons (Fsp3) is 0.250. The maximum atomic E-state index is 14.0. The van der Waals surface area contributed by atoms with Crippen molar-refractivity contribution in [1.82, 2.24) is 5.32 Å². The van der Waals surface area contributed by atoms with E-state index in [1.807, 2.05) is 12.1 Å². The van der Waals surface area contributed by atoms with E-state index in [1.54, 1.807) is 18.2 Å². The lowest BCUT2D eigenvalue weighted by Gasteiger charge is -2.43. The van der Waals surface area contributed by atoms with E-state index in [9.17, 15) is 8.78 Å². The molecule has 1 heterocycles. The van der Waals surface area contributed by atoms with Crippen molar-refractivity contribution in [1.29, 1.82) is 0 Å². The standard InChI is InChI=1S/C16H14ClF2N/c17-13-6-5-11(7-15(13)19)8-16(9-20-10-16)12-3-1-2-4-14(12)18/h1-7,20H,8-10H2. The van der Waals surface area contributed by atoms with E-state index in [1.165, 1.54) is 12.1 Å². The first kappa shape index (κ1) is 13.5. The van der Waals surface area contributed by atoms with Gasteiger partial charge in [-0.25, -0.2) is 8.78 Å². The van der Waals surface area contributed by atoms with Gasteiger partial charge in [0.2, 0.25) is 0 Å². The quantitative estimate of drug-likeness (QED) is 0.910. The van der Waals surface area contributed by atoms with Crippen molar-refractivity contribution in [3.8, 4) is 0 Å². The van der Waals surface area contributed by atoms with E-state index in [4.69, 9.17) is 11.6 Å². The van der Waals surface area contributed by atoms with Crippen LogP contribution in [0.25, 0.3) is 0 Å². The Labute approximate surface area is 121 Å². The lowest BCUT2D eigenvalue weighted by atomic mass is 9.71. The first-order valence-electron chi connectivity index (χ1n) is 6.50. The molecule has 4 heteroatoms. The molecule has 1 nitrogen and oxygen atoms in total. The van der Waals surface area contributed by atoms with E-state index < -0.39 is 5.82 Å². The number of rotatable bonds is 3. The minimum absolute atomic E-state index is 0.112. The molecular weight excluding hydrogens is 280 g/mol. The zero-order valence-corrected chi connectivity index (χ0v) is 11.6. The fourth-order valence-electron chi connectivity index (χ4n) is 2.77. The predicted octanol–water partition coefficient (Wildman–Crippen LogP) is 3.70. The average Bonchev–Trinajstić information content (AvgIpc) is 2.39. The molecule has 0 atom stereocenters. The van der Waals surface area contributed by atoms with E-state index in [0.717, 1.165) is 5.56 Å². The third-order valence-electron chi connectivity index (χ3n) is 3.90. The van der Waals surface area contributed by atoms with Gasteiger partial charge >= 0.3 is 0 Å². The summed E-state index contributed by atoms with van der Waals surface area (Å²) in [6, 6.07) is 11.6. The minimum atomic E-state index is -0.430. The van der Waals surface area contributed by atoms with Crippen LogP contribution in [-0.2, 0) is 11.8 Å². The summed E-state index contributed by atoms with van der Waals surface area (Å²) in [5.74, 6) is -0.636. The van der Waals surface area contributed by atoms with Crippen LogP contribution in [0.5, 0.6) is 0 Å². The third kappa shape index (κ3) is 2.32. The zero-order chi connectivity index (χ0) is 14.2. The van der Waals surface area contributed by atoms with Crippen LogP contribution in [0, 0.1) is 11.6 Å². The van der Waals surface area contributed by atoms with Gasteiger partial charge < -0.3 is 5.32 Å². The molecule has 0 aromatic heterocycles. The van der Waals surface area contributed by atoms with Crippen LogP contribution in [0.2, 0.25) is 5.02 Å². The Morgan fingerprint density at radius 2 is 1.80 bits per heavy atom. The molecule has 104 valence electrons. The van der Waals surface area contributed by atoms with Crippen LogP contribution >= 0.6 is 11.6 Å². The van der Waals surface area contributed by atoms with E-state index >= 15 is 0 Å². The summed E-state index contributed by atoms with van der Waals surface area (Å²) in [5, 5.41) is 3.30. The Balaban J connectivity index is 1.94. The van der Waals surface area contributed by atoms with Gasteiger partial charge in [-0.05, 0) is 35.7 Å². The molecule has 1 saturated heterocycles. The molecule has 1 N–H and O–H groups in total. The third-order valence-corrected chi connectivity index (χ3v) is 4.21. The van der Waals surface area contributed by atoms with E-state index in [2.05, 4.69) is 5.32 Å². The average molecular weight is 294 g/mol. The molecule has 0 amide bonds. The fourth-order valence-corrected chi connectivity index (χ4v) is 2.89. The van der Waals surface area contributed by atoms with Crippen LogP contribution < -0.4 is 5.32 Å². The molecule has 2 aromatic carbocycles. The smallest absolute Gasteiger partial charge is 0.142 e. The molecule has 0 radical (unpaired) electrons. The molecule has 0 unspecified atom stereocenters. The number of hydrogen-bond acceptors (Lipinski definition) is 1. The maximum Gasteiger partial charge on any atom is 0.142 e. The summed E-state index contributed by atoms with van der Waals surface area (Å²) >= 11 is 5.69. The Morgan fingerprint density at radius 3 is 2.40 bits per heavy atom. The summed E-state index contributed by atoms with van der Waals surface area (Å²) in [6.07, 6.45) is 0.592. The van der Waals surface area contributed by atoms with Crippen molar-refractivity contribution in [3.63, 3.8) is 0 Å². The van der Waals surface area contributed by atoms with E-state index in [0.29, 0.717) is 25.1 Å². The molecule has 0 spiro atoms. The lowest BCUT2D eigenvalue weighted by Crippen LogP contribution is -2.58. The van der Waals surface area contributed by atoms with Gasteiger partial charge in [0.05, 0.1) is 5.02 Å². The Morgan fingerprint density at radius 1 is 1.05 bits per heavy atom. The second kappa shape index (κ2) is 5.15. The zero-order valence-electron chi connectivity index (χ0n) is 10.8. The largest absolute Gasteiger partial charge is 0.315 e. The topological polar surface area (TPSA) is 12.0 Å². The molecule has 0 saturated carbocycles. The van der Waals surface area contributed by atoms with Gasteiger partial charge in [-0.1, -0.05) is 35.9 Å². The molecular formula is C16H14ClF2N. The van der Waals surface area contributed by atoms with Gasteiger partial charge in [-0.2, -0.15) is 0 Å². The SMILES string of the molecule is Fc1cc(CC2(c3ccccc3F)CNC2)ccc1Cl. The minimum Gasteiger partial charge on any atom is -0.315 e. The number of benzene rings is 2. The predicted molar refractivity (Wildman–Crippen MR) is 76.1 cm³/mol. The second-order valence-electron chi connectivity index (χ2n) is 5.29. The van der Waals surface area contributed by atoms with Crippen LogP contribution in [0.3, 0.4) is 0 Å². The van der Waals surface area contributed by atoms with Crippen molar-refractivity contribution in [2.24, 2.45) is 0 Å². The van der Waals surface area contributed by atoms with Gasteiger partial charge in [-0.3, -0.25) is 0 Å². The molecule has 3 rings (SSSR count). The Kier molecular flexibility index (Phi) is 3.48. The molecule has 2 aromatic rings. The highest BCUT2D eigenvalue weighted by Crippen LogP contribution is 2.34. The van der Waals surface area contributed by atoms with Crippen molar-refractivity contribution in [2.75, 3.05) is 13.1 Å². The maximum absolute atomic E-state index is 14.0. The van der Waals surface area contributed by atoms with Crippen molar-refractivity contribution < 1.29 is 8.78 Å². The number of nitrogens with one attached hydrogen (secondary N) is 1. The van der Waals surface area contributed by atoms with Crippen molar-refractivity contribution >= 4 is 11.6 Å². The van der Waals surface area contributed by atoms with Crippen LogP contribution in [0.1, 0.15) is 11.1 Å². The molecule has 20 heavy (non-hydrogen) atoms. The van der Waals surface area contributed by atoms with E-state index in [-0.39, 0.29) is 16.3 Å². The summed E-state index contributed by atoms with van der Waals surface area (Å²) in [7, 11) is 0. The highest BCUT2D eigenvalue weighted by molar-refractivity contribution is 6.30. The summed E-state index contributed by atoms with van der Waals surface area (Å²) in [6.45, 7) is 1.39. The van der Waals surface area contributed by atoms with Gasteiger partial charge in [0.25, 0.3) is 0 Å². The van der Waals surface area contributed by atoms with Crippen LogP contribution in [-0.4, -0.2) is 13.1 Å². The summed E-state index contributed by atoms with van der Waals surface area (Å²) < 4.78 is 27.6. The molecule has 1 aliphatic heterocycles. The highest BCUT2D eigenvalue weighted by atomic mass is 35.5. The van der Waals surface area contributed by atoms with Crippen molar-refractivity contribution in [3.05, 3.63) is 70.2 Å². The van der Waals surface area contributed by atoms with Crippen molar-refractivity contribution in [2.45, 2.75) is 11.8 Å². The monoisotopic (exact) mass is 293 g/mol. The van der Waals surface area contributed by atoms with Gasteiger partial charge in [0.15, 0.2) is 0 Å². The molecule has 1 fully saturated rings. The second-order valence-corrected chi connectivity index (χ2v) is 5.70. The first-order valence-corrected chi connectivity index (χ1v) is 6.88.